The summed E-state index contributed by atoms with van der Waals surface area (Å²) in [6.45, 7) is 5.21. The van der Waals surface area contributed by atoms with E-state index in [0.29, 0.717) is 33.9 Å². The number of ether oxygens (including phenoxy) is 3. The van der Waals surface area contributed by atoms with Crippen molar-refractivity contribution in [1.29, 1.82) is 0 Å². The van der Waals surface area contributed by atoms with Gasteiger partial charge in [0.1, 0.15) is 77.3 Å². The van der Waals surface area contributed by atoms with Gasteiger partial charge in [0.15, 0.2) is 47.5 Å². The number of fused-ring (bicyclic) bond motifs is 3. The number of halogens is 1. The van der Waals surface area contributed by atoms with Crippen LogP contribution in [-0.4, -0.2) is 192 Å². The highest BCUT2D eigenvalue weighted by Crippen LogP contribution is 2.66. The summed E-state index contributed by atoms with van der Waals surface area (Å²) in [6, 6.07) is 0. The highest BCUT2D eigenvalue weighted by atomic mass is 31.3. The number of phosphoric acid groups is 3. The van der Waals surface area contributed by atoms with Gasteiger partial charge in [0.25, 0.3) is 5.85 Å². The monoisotopic (exact) mass is 1120 g/mol. The molecule has 6 aromatic heterocycles. The summed E-state index contributed by atoms with van der Waals surface area (Å²) in [5.41, 5.74) is 3.14. The predicted molar refractivity (Wildman–Crippen MR) is 243 cm³/mol. The lowest BCUT2D eigenvalue weighted by Crippen LogP contribution is -2.49. The van der Waals surface area contributed by atoms with Crippen molar-refractivity contribution in [3.63, 3.8) is 0 Å². The Labute approximate surface area is 419 Å². The maximum Gasteiger partial charge on any atom is 0.490 e. The number of phosphoric ester groups is 1. The maximum absolute atomic E-state index is 14.4. The molecule has 75 heavy (non-hydrogen) atoms. The zero-order valence-corrected chi connectivity index (χ0v) is 42.1. The van der Waals surface area contributed by atoms with E-state index in [1.54, 1.807) is 25.3 Å². The second-order valence-electron chi connectivity index (χ2n) is 17.3. The fourth-order valence-electron chi connectivity index (χ4n) is 8.09. The van der Waals surface area contributed by atoms with Crippen LogP contribution in [0.25, 0.3) is 33.5 Å². The van der Waals surface area contributed by atoms with E-state index in [1.807, 2.05) is 5.92 Å². The van der Waals surface area contributed by atoms with E-state index >= 15 is 0 Å². The number of imidazole rings is 3. The molecular weight excluding hydrogens is 1070 g/mol. The number of aromatic nitrogens is 12. The molecular formula is C37H49FN13O21P3. The zero-order valence-electron chi connectivity index (χ0n) is 39.4. The molecule has 14 N–H and O–H groups in total. The van der Waals surface area contributed by atoms with Gasteiger partial charge in [0, 0.05) is 0 Å². The average Bonchev–Trinajstić information content (AvgIpc) is 4.16. The first-order valence-electron chi connectivity index (χ1n) is 21.4. The Hall–Kier alpha value is -5.09. The third-order valence-corrected chi connectivity index (χ3v) is 15.7. The van der Waals surface area contributed by atoms with Gasteiger partial charge >= 0.3 is 23.5 Å². The summed E-state index contributed by atoms with van der Waals surface area (Å²) in [7, 11) is -16.7. The van der Waals surface area contributed by atoms with E-state index in [2.05, 4.69) is 58.0 Å². The number of nitrogen functional groups attached to an aromatic ring is 1. The normalized spacial score (nSPS) is 32.4. The summed E-state index contributed by atoms with van der Waals surface area (Å²) >= 11 is 0. The van der Waals surface area contributed by atoms with E-state index in [9.17, 15) is 58.7 Å². The third kappa shape index (κ3) is 11.1. The zero-order chi connectivity index (χ0) is 55.6. The van der Waals surface area contributed by atoms with Gasteiger partial charge < -0.3 is 80.4 Å². The molecule has 2 unspecified atom stereocenters. The van der Waals surface area contributed by atoms with Crippen LogP contribution in [0.4, 0.5) is 10.2 Å². The first kappa shape index (κ1) is 57.6. The fraction of sp³-hybridized carbons (Fsp3) is 0.541. The maximum atomic E-state index is 14.4. The number of aliphatic hydroxyl groups excluding tert-OH is 5. The minimum absolute atomic E-state index is 0.0858. The van der Waals surface area contributed by atoms with Crippen molar-refractivity contribution in [3.05, 3.63) is 48.8 Å². The molecule has 3 saturated heterocycles. The van der Waals surface area contributed by atoms with Gasteiger partial charge in [0.2, 0.25) is 5.60 Å². The molecule has 34 nitrogen and oxygen atoms in total. The number of aliphatic hydroxyl groups is 8. The van der Waals surface area contributed by atoms with Crippen LogP contribution in [0.1, 0.15) is 49.7 Å². The quantitative estimate of drug-likeness (QED) is 0.0436. The largest absolute Gasteiger partial charge is 0.490 e. The fourth-order valence-corrected chi connectivity index (χ4v) is 11.1. The summed E-state index contributed by atoms with van der Waals surface area (Å²) in [6.07, 6.45) is 0.742. The summed E-state index contributed by atoms with van der Waals surface area (Å²) < 4.78 is 80.1. The molecule has 410 valence electrons. The third-order valence-electron chi connectivity index (χ3n) is 11.9. The molecule has 0 aliphatic carbocycles. The molecule has 3 fully saturated rings. The lowest BCUT2D eigenvalue weighted by Gasteiger charge is -2.27. The highest BCUT2D eigenvalue weighted by molar-refractivity contribution is 7.66. The molecule has 0 saturated carbocycles. The van der Waals surface area contributed by atoms with E-state index in [0.717, 1.165) is 4.57 Å². The smallest absolute Gasteiger partial charge is 0.394 e. The van der Waals surface area contributed by atoms with Crippen molar-refractivity contribution in [3.8, 4) is 12.3 Å². The van der Waals surface area contributed by atoms with Crippen molar-refractivity contribution in [2.45, 2.75) is 106 Å². The van der Waals surface area contributed by atoms with Crippen LogP contribution in [0.3, 0.4) is 0 Å². The first-order chi connectivity index (χ1) is 34.8. The molecule has 0 spiro atoms. The number of aryl methyl sites for hydroxylation is 3. The number of nitrogens with two attached hydrogens (primary N) is 1. The molecule has 0 amide bonds. The van der Waals surface area contributed by atoms with Crippen molar-refractivity contribution in [1.82, 2.24) is 58.6 Å². The standard InChI is InChI=1S/C13H14FN5O4.C12H19N4O13P3.C12H16N4O4/c1-3-12(22)10(21)13(14,4-20)23-11(12)19-5-16-7-8(15)17-6(2)18-9(7)19;1-6-8-10(14-4-13-6)16(5-15-8)11-12(2,18)9(17)7(27-11)3-26-31(22,23)29-32(24,25)28-30(19,20)21;1-6-8-10(14-4-13-6)16(5-15-8)11-12(2,19)9(18)7(3-17)20-11/h1,5,10-11,20-22H,4H2,2H3,(H2,15,17,18);4-5,7,9,11,17-18H,3H2,1-2H3,(H,22,23)(H,24,25)(H2,19,20,21);4-5,7,9,11,17-19H,3H2,1-2H3/t10-,11+,12+,13+;2*7-,9-,11-,12-/m011/s1. The van der Waals surface area contributed by atoms with Crippen molar-refractivity contribution < 1.29 is 106 Å². The molecule has 0 aromatic carbocycles. The van der Waals surface area contributed by atoms with Crippen molar-refractivity contribution >= 4 is 62.8 Å². The molecule has 14 atom stereocenters. The molecule has 9 rings (SSSR count). The van der Waals surface area contributed by atoms with Gasteiger partial charge in [-0.3, -0.25) is 18.2 Å². The Morgan fingerprint density at radius 1 is 0.720 bits per heavy atom. The highest BCUT2D eigenvalue weighted by Gasteiger charge is 2.65. The average molecular weight is 1120 g/mol. The van der Waals surface area contributed by atoms with Crippen LogP contribution >= 0.6 is 23.5 Å². The Kier molecular flexibility index (Phi) is 15.9. The predicted octanol–water partition coefficient (Wildman–Crippen LogP) is -2.75. The van der Waals surface area contributed by atoms with Crippen LogP contribution in [0.5, 0.6) is 0 Å². The van der Waals surface area contributed by atoms with Crippen LogP contribution in [0, 0.1) is 33.1 Å². The van der Waals surface area contributed by atoms with Crippen LogP contribution < -0.4 is 5.73 Å². The van der Waals surface area contributed by atoms with E-state index in [4.69, 9.17) is 46.2 Å². The van der Waals surface area contributed by atoms with Gasteiger partial charge in [-0.2, -0.15) is 8.62 Å². The molecule has 38 heteroatoms. The Morgan fingerprint density at radius 2 is 1.20 bits per heavy atom. The Morgan fingerprint density at radius 3 is 1.67 bits per heavy atom. The number of terminal acetylenes is 1. The van der Waals surface area contributed by atoms with Crippen molar-refractivity contribution in [2.75, 3.05) is 25.6 Å². The van der Waals surface area contributed by atoms with Gasteiger partial charge in [-0.05, 0) is 34.6 Å². The SMILES string of the molecule is C#C[C@]1(O)[C@H](n2cnc3c(N)nc(C)nc32)O[C@](F)(CO)[C@H]1O.Cc1ncnc2c1ncn2[C@@H]1O[C@H](CO)[C@@H](O)[C@@]1(C)O.Cc1ncnc2c1ncn2[C@@H]1O[C@H](COP(=O)(O)OP(=O)(O)OP(=O)(O)O)[C@@H](O)[C@@]1(C)O. The van der Waals surface area contributed by atoms with Gasteiger partial charge in [0.05, 0.1) is 43.6 Å². The Bertz CT molecular complexity index is 3280. The van der Waals surface area contributed by atoms with Gasteiger partial charge in [-0.15, -0.1) is 6.42 Å². The van der Waals surface area contributed by atoms with Gasteiger partial charge in [-0.1, -0.05) is 5.92 Å². The topological polar surface area (TPSA) is 506 Å². The summed E-state index contributed by atoms with van der Waals surface area (Å²) in [5.74, 6) is -0.617. The van der Waals surface area contributed by atoms with Crippen LogP contribution in [0.15, 0.2) is 31.6 Å². The molecule has 9 heterocycles. The molecule has 3 aliphatic heterocycles. The Balaban J connectivity index is 0.000000169. The van der Waals surface area contributed by atoms with E-state index in [-0.39, 0.29) is 29.2 Å². The van der Waals surface area contributed by atoms with E-state index in [1.165, 1.54) is 50.1 Å². The minimum atomic E-state index is -5.70. The first-order valence-corrected chi connectivity index (χ1v) is 25.9. The number of anilines is 1. The number of rotatable bonds is 12. The lowest BCUT2D eigenvalue weighted by molar-refractivity contribution is -0.206. The molecule has 0 radical (unpaired) electrons. The number of alkyl halides is 1. The van der Waals surface area contributed by atoms with E-state index < -0.39 is 109 Å². The minimum Gasteiger partial charge on any atom is -0.394 e. The lowest BCUT2D eigenvalue weighted by atomic mass is 9.94. The number of hydrogen-bond donors (Lipinski definition) is 13. The molecule has 3 aliphatic rings. The second kappa shape index (κ2) is 20.7. The number of hydrogen-bond acceptors (Lipinski definition) is 27. The molecule has 0 bridgehead atoms. The van der Waals surface area contributed by atoms with Gasteiger partial charge in [-0.25, -0.2) is 62.9 Å². The van der Waals surface area contributed by atoms with Crippen molar-refractivity contribution in [2.24, 2.45) is 0 Å². The second-order valence-corrected chi connectivity index (χ2v) is 21.7. The van der Waals surface area contributed by atoms with Crippen LogP contribution in [-0.2, 0) is 41.1 Å². The summed E-state index contributed by atoms with van der Waals surface area (Å²) in [4.78, 5) is 72.4. The summed E-state index contributed by atoms with van der Waals surface area (Å²) in [5, 5.41) is 80.4. The van der Waals surface area contributed by atoms with Crippen LogP contribution in [0.2, 0.25) is 0 Å². The number of nitrogens with zero attached hydrogens (tertiary/aromatic N) is 12. The molecule has 6 aromatic rings.